The lowest BCUT2D eigenvalue weighted by molar-refractivity contribution is 0.0923. The predicted molar refractivity (Wildman–Crippen MR) is 103 cm³/mol. The van der Waals surface area contributed by atoms with Gasteiger partial charge in [0.05, 0.1) is 12.6 Å². The number of hydrogen-bond donors (Lipinski definition) is 1. The minimum atomic E-state index is -0.459. The summed E-state index contributed by atoms with van der Waals surface area (Å²) in [6.07, 6.45) is 0.575. The third-order valence-electron chi connectivity index (χ3n) is 5.67. The van der Waals surface area contributed by atoms with E-state index in [2.05, 4.69) is 33.7 Å². The van der Waals surface area contributed by atoms with E-state index < -0.39 is 6.10 Å². The molecule has 2 aromatic carbocycles. The van der Waals surface area contributed by atoms with Crippen LogP contribution in [0.4, 0.5) is 4.39 Å². The Morgan fingerprint density at radius 3 is 2.65 bits per heavy atom. The SMILES string of the molecule is Cc1c(C)n(CC(O)CN2CCc3ccccc3C2)c2ccc(F)cc12. The van der Waals surface area contributed by atoms with Crippen LogP contribution >= 0.6 is 0 Å². The molecule has 0 bridgehead atoms. The van der Waals surface area contributed by atoms with Crippen molar-refractivity contribution in [2.24, 2.45) is 0 Å². The van der Waals surface area contributed by atoms with Gasteiger partial charge in [-0.2, -0.15) is 0 Å². The second kappa shape index (κ2) is 6.86. The molecule has 136 valence electrons. The van der Waals surface area contributed by atoms with Gasteiger partial charge in [-0.3, -0.25) is 4.90 Å². The number of rotatable bonds is 4. The summed E-state index contributed by atoms with van der Waals surface area (Å²) in [4.78, 5) is 2.32. The average molecular weight is 352 g/mol. The molecular weight excluding hydrogens is 327 g/mol. The van der Waals surface area contributed by atoms with Crippen LogP contribution in [-0.2, 0) is 19.5 Å². The number of benzene rings is 2. The monoisotopic (exact) mass is 352 g/mol. The average Bonchev–Trinajstić information content (AvgIpc) is 2.86. The number of hydrogen-bond acceptors (Lipinski definition) is 2. The van der Waals surface area contributed by atoms with Gasteiger partial charge in [-0.25, -0.2) is 4.39 Å². The number of aliphatic hydroxyl groups is 1. The summed E-state index contributed by atoms with van der Waals surface area (Å²) in [5, 5.41) is 11.6. The standard InChI is InChI=1S/C22H25FN2O/c1-15-16(2)25(22-8-7-19(23)11-21(15)22)14-20(26)13-24-10-9-17-5-3-4-6-18(17)12-24/h3-8,11,20,26H,9-10,12-14H2,1-2H3. The van der Waals surface area contributed by atoms with Gasteiger partial charge in [0.25, 0.3) is 0 Å². The summed E-state index contributed by atoms with van der Waals surface area (Å²) in [6, 6.07) is 13.4. The van der Waals surface area contributed by atoms with E-state index in [9.17, 15) is 9.50 Å². The Kier molecular flexibility index (Phi) is 4.55. The van der Waals surface area contributed by atoms with Gasteiger partial charge in [0.2, 0.25) is 0 Å². The van der Waals surface area contributed by atoms with Crippen molar-refractivity contribution in [2.45, 2.75) is 39.5 Å². The summed E-state index contributed by atoms with van der Waals surface area (Å²) in [5.74, 6) is -0.217. The van der Waals surface area contributed by atoms with E-state index in [0.717, 1.165) is 41.7 Å². The van der Waals surface area contributed by atoms with Crippen LogP contribution in [0.15, 0.2) is 42.5 Å². The lowest BCUT2D eigenvalue weighted by Crippen LogP contribution is -2.38. The van der Waals surface area contributed by atoms with Crippen LogP contribution in [0.1, 0.15) is 22.4 Å². The van der Waals surface area contributed by atoms with Gasteiger partial charge >= 0.3 is 0 Å². The van der Waals surface area contributed by atoms with Gasteiger partial charge in [-0.15, -0.1) is 0 Å². The molecule has 1 atom stereocenters. The Morgan fingerprint density at radius 2 is 1.85 bits per heavy atom. The maximum absolute atomic E-state index is 13.6. The smallest absolute Gasteiger partial charge is 0.123 e. The second-order valence-corrected chi connectivity index (χ2v) is 7.39. The van der Waals surface area contributed by atoms with Crippen LogP contribution in [-0.4, -0.2) is 33.8 Å². The third kappa shape index (κ3) is 3.15. The van der Waals surface area contributed by atoms with Crippen molar-refractivity contribution in [3.8, 4) is 0 Å². The van der Waals surface area contributed by atoms with Crippen molar-refractivity contribution in [1.29, 1.82) is 0 Å². The number of nitrogens with zero attached hydrogens (tertiary/aromatic N) is 2. The van der Waals surface area contributed by atoms with E-state index in [1.807, 2.05) is 19.9 Å². The molecule has 1 aliphatic rings. The van der Waals surface area contributed by atoms with Gasteiger partial charge < -0.3 is 9.67 Å². The molecule has 0 saturated heterocycles. The highest BCUT2D eigenvalue weighted by molar-refractivity contribution is 5.85. The number of β-amino-alcohol motifs (C(OH)–C–C–N with tert-alkyl or cyclic N) is 1. The van der Waals surface area contributed by atoms with Crippen molar-refractivity contribution in [3.63, 3.8) is 0 Å². The molecule has 2 heterocycles. The number of aryl methyl sites for hydroxylation is 1. The van der Waals surface area contributed by atoms with E-state index >= 15 is 0 Å². The molecule has 0 spiro atoms. The van der Waals surface area contributed by atoms with Crippen LogP contribution in [0.3, 0.4) is 0 Å². The molecule has 1 aliphatic heterocycles. The Labute approximate surface area is 153 Å². The van der Waals surface area contributed by atoms with Gasteiger partial charge in [0.1, 0.15) is 5.82 Å². The molecule has 3 aromatic rings. The summed E-state index contributed by atoms with van der Waals surface area (Å²) in [5.41, 5.74) is 5.94. The van der Waals surface area contributed by atoms with E-state index in [-0.39, 0.29) is 5.82 Å². The summed E-state index contributed by atoms with van der Waals surface area (Å²) in [7, 11) is 0. The summed E-state index contributed by atoms with van der Waals surface area (Å²) in [6.45, 7) is 7.10. The van der Waals surface area contributed by atoms with Crippen molar-refractivity contribution in [3.05, 3.63) is 70.7 Å². The minimum absolute atomic E-state index is 0.217. The zero-order valence-corrected chi connectivity index (χ0v) is 15.4. The topological polar surface area (TPSA) is 28.4 Å². The number of fused-ring (bicyclic) bond motifs is 2. The highest BCUT2D eigenvalue weighted by Gasteiger charge is 2.20. The maximum atomic E-state index is 13.6. The molecule has 1 N–H and O–H groups in total. The number of aromatic nitrogens is 1. The van der Waals surface area contributed by atoms with E-state index in [1.54, 1.807) is 6.07 Å². The maximum Gasteiger partial charge on any atom is 0.123 e. The van der Waals surface area contributed by atoms with Gasteiger partial charge in [0.15, 0.2) is 0 Å². The molecule has 4 heteroatoms. The Hall–Kier alpha value is -2.17. The van der Waals surface area contributed by atoms with E-state index in [0.29, 0.717) is 13.1 Å². The van der Waals surface area contributed by atoms with Gasteiger partial charge in [-0.1, -0.05) is 24.3 Å². The van der Waals surface area contributed by atoms with Crippen LogP contribution in [0, 0.1) is 19.7 Å². The van der Waals surface area contributed by atoms with Gasteiger partial charge in [0, 0.05) is 36.2 Å². The van der Waals surface area contributed by atoms with Crippen molar-refractivity contribution in [2.75, 3.05) is 13.1 Å². The fourth-order valence-electron chi connectivity index (χ4n) is 4.13. The molecule has 0 radical (unpaired) electrons. The van der Waals surface area contributed by atoms with Crippen LogP contribution in [0.25, 0.3) is 10.9 Å². The quantitative estimate of drug-likeness (QED) is 0.773. The van der Waals surface area contributed by atoms with Gasteiger partial charge in [-0.05, 0) is 55.2 Å². The summed E-state index contributed by atoms with van der Waals surface area (Å²) < 4.78 is 15.7. The Bertz CT molecular complexity index is 947. The van der Waals surface area contributed by atoms with E-state index in [1.165, 1.54) is 17.2 Å². The molecular formula is C22H25FN2O. The molecule has 1 aromatic heterocycles. The largest absolute Gasteiger partial charge is 0.390 e. The number of aliphatic hydroxyl groups excluding tert-OH is 1. The predicted octanol–water partition coefficient (Wildman–Crippen LogP) is 3.82. The zero-order valence-electron chi connectivity index (χ0n) is 15.4. The third-order valence-corrected chi connectivity index (χ3v) is 5.67. The molecule has 0 aliphatic carbocycles. The normalized spacial score (nSPS) is 16.0. The first-order valence-electron chi connectivity index (χ1n) is 9.25. The highest BCUT2D eigenvalue weighted by atomic mass is 19.1. The first kappa shape index (κ1) is 17.3. The van der Waals surface area contributed by atoms with E-state index in [4.69, 9.17) is 0 Å². The Morgan fingerprint density at radius 1 is 1.08 bits per heavy atom. The Balaban J connectivity index is 1.50. The van der Waals surface area contributed by atoms with Crippen LogP contribution < -0.4 is 0 Å². The lowest BCUT2D eigenvalue weighted by atomic mass is 10.00. The lowest BCUT2D eigenvalue weighted by Gasteiger charge is -2.30. The second-order valence-electron chi connectivity index (χ2n) is 7.39. The highest BCUT2D eigenvalue weighted by Crippen LogP contribution is 2.26. The molecule has 4 rings (SSSR count). The summed E-state index contributed by atoms with van der Waals surface area (Å²) >= 11 is 0. The van der Waals surface area contributed by atoms with Crippen molar-refractivity contribution in [1.82, 2.24) is 9.47 Å². The molecule has 26 heavy (non-hydrogen) atoms. The fraction of sp³-hybridized carbons (Fsp3) is 0.364. The van der Waals surface area contributed by atoms with Crippen LogP contribution in [0.2, 0.25) is 0 Å². The number of halogens is 1. The first-order chi connectivity index (χ1) is 12.5. The molecule has 0 amide bonds. The van der Waals surface area contributed by atoms with Crippen LogP contribution in [0.5, 0.6) is 0 Å². The molecule has 0 fully saturated rings. The fourth-order valence-corrected chi connectivity index (χ4v) is 4.13. The minimum Gasteiger partial charge on any atom is -0.390 e. The molecule has 0 saturated carbocycles. The van der Waals surface area contributed by atoms with Crippen molar-refractivity contribution < 1.29 is 9.50 Å². The first-order valence-corrected chi connectivity index (χ1v) is 9.25. The molecule has 3 nitrogen and oxygen atoms in total. The molecule has 1 unspecified atom stereocenters. The van der Waals surface area contributed by atoms with Crippen molar-refractivity contribution >= 4 is 10.9 Å². The zero-order chi connectivity index (χ0) is 18.3.